The summed E-state index contributed by atoms with van der Waals surface area (Å²) < 4.78 is 3.36. The van der Waals surface area contributed by atoms with E-state index in [0.29, 0.717) is 5.88 Å². The van der Waals surface area contributed by atoms with E-state index in [1.54, 1.807) is 0 Å². The summed E-state index contributed by atoms with van der Waals surface area (Å²) in [5.41, 5.74) is 2.45. The van der Waals surface area contributed by atoms with Gasteiger partial charge in [-0.3, -0.25) is 0 Å². The topological polar surface area (TPSA) is 17.8 Å². The number of alkyl halides is 1. The fraction of sp³-hybridized carbons (Fsp3) is 0.500. The van der Waals surface area contributed by atoms with Gasteiger partial charge in [-0.15, -0.1) is 11.6 Å². The third-order valence-corrected chi connectivity index (χ3v) is 3.42. The highest BCUT2D eigenvalue weighted by Crippen LogP contribution is 2.25. The predicted molar refractivity (Wildman–Crippen MR) is 81.3 cm³/mol. The van der Waals surface area contributed by atoms with Gasteiger partial charge in [0, 0.05) is 23.3 Å². The third-order valence-electron chi connectivity index (χ3n) is 2.74. The first-order chi connectivity index (χ1) is 8.40. The van der Waals surface area contributed by atoms with Gasteiger partial charge in [0.1, 0.15) is 5.82 Å². The largest absolute Gasteiger partial charge is 0.327 e. The molecule has 0 saturated heterocycles. The maximum Gasteiger partial charge on any atom is 0.111 e. The molecule has 0 spiro atoms. The van der Waals surface area contributed by atoms with Crippen molar-refractivity contribution >= 4 is 38.6 Å². The van der Waals surface area contributed by atoms with Gasteiger partial charge in [-0.2, -0.15) is 0 Å². The van der Waals surface area contributed by atoms with Crippen molar-refractivity contribution in [3.05, 3.63) is 28.5 Å². The molecule has 0 N–H and O–H groups in total. The normalized spacial score (nSPS) is 12.3. The van der Waals surface area contributed by atoms with Crippen LogP contribution in [0.5, 0.6) is 0 Å². The summed E-state index contributed by atoms with van der Waals surface area (Å²) in [7, 11) is 0. The van der Waals surface area contributed by atoms with Crippen LogP contribution in [0.15, 0.2) is 22.7 Å². The van der Waals surface area contributed by atoms with Crippen LogP contribution in [-0.4, -0.2) is 15.4 Å². The quantitative estimate of drug-likeness (QED) is 0.751. The van der Waals surface area contributed by atoms with Crippen LogP contribution in [0.4, 0.5) is 0 Å². The van der Waals surface area contributed by atoms with Gasteiger partial charge in [-0.1, -0.05) is 36.7 Å². The molecule has 0 amide bonds. The number of imidazole rings is 1. The highest BCUT2D eigenvalue weighted by molar-refractivity contribution is 9.10. The second kappa shape index (κ2) is 5.22. The molecule has 1 heterocycles. The van der Waals surface area contributed by atoms with E-state index in [1.807, 2.05) is 0 Å². The molecule has 0 aliphatic carbocycles. The smallest absolute Gasteiger partial charge is 0.111 e. The lowest BCUT2D eigenvalue weighted by Crippen LogP contribution is -2.17. The lowest BCUT2D eigenvalue weighted by Gasteiger charge is -2.21. The zero-order chi connectivity index (χ0) is 13.3. The van der Waals surface area contributed by atoms with Crippen molar-refractivity contribution in [1.82, 2.24) is 9.55 Å². The molecule has 0 bridgehead atoms. The van der Waals surface area contributed by atoms with Crippen molar-refractivity contribution in [1.29, 1.82) is 0 Å². The molecule has 2 nitrogen and oxygen atoms in total. The predicted octanol–water partition coefficient (Wildman–Crippen LogP) is 4.63. The molecule has 0 aliphatic heterocycles. The zero-order valence-corrected chi connectivity index (χ0v) is 13.3. The molecule has 98 valence electrons. The highest BCUT2D eigenvalue weighted by Gasteiger charge is 2.17. The van der Waals surface area contributed by atoms with Crippen molar-refractivity contribution in [2.45, 2.75) is 33.7 Å². The molecule has 0 aliphatic rings. The number of nitrogens with zero attached hydrogens (tertiary/aromatic N) is 2. The molecule has 4 heteroatoms. The van der Waals surface area contributed by atoms with Crippen LogP contribution in [0, 0.1) is 5.41 Å². The minimum atomic E-state index is 0.224. The highest BCUT2D eigenvalue weighted by atomic mass is 79.9. The van der Waals surface area contributed by atoms with Gasteiger partial charge in [0.2, 0.25) is 0 Å². The van der Waals surface area contributed by atoms with Crippen molar-refractivity contribution < 1.29 is 0 Å². The average Bonchev–Trinajstić information content (AvgIpc) is 2.54. The molecule has 0 unspecified atom stereocenters. The maximum absolute atomic E-state index is 5.88. The fourth-order valence-electron chi connectivity index (χ4n) is 2.08. The van der Waals surface area contributed by atoms with E-state index < -0.39 is 0 Å². The van der Waals surface area contributed by atoms with E-state index in [2.05, 4.69) is 59.5 Å². The molecular formula is C14H18BrClN2. The number of fused-ring (bicyclic) bond motifs is 1. The van der Waals surface area contributed by atoms with Crippen molar-refractivity contribution in [3.8, 4) is 0 Å². The van der Waals surface area contributed by atoms with Crippen LogP contribution < -0.4 is 0 Å². The Morgan fingerprint density at radius 1 is 1.33 bits per heavy atom. The Labute approximate surface area is 121 Å². The first-order valence-electron chi connectivity index (χ1n) is 6.11. The van der Waals surface area contributed by atoms with Gasteiger partial charge in [-0.05, 0) is 23.6 Å². The summed E-state index contributed by atoms with van der Waals surface area (Å²) in [6, 6.07) is 6.25. The van der Waals surface area contributed by atoms with Crippen LogP contribution in [0.25, 0.3) is 11.0 Å². The first-order valence-corrected chi connectivity index (χ1v) is 7.44. The molecule has 18 heavy (non-hydrogen) atoms. The summed E-state index contributed by atoms with van der Waals surface area (Å²) in [6.07, 6.45) is 0.809. The van der Waals surface area contributed by atoms with Gasteiger partial charge in [-0.25, -0.2) is 4.98 Å². The van der Waals surface area contributed by atoms with E-state index in [4.69, 9.17) is 16.6 Å². The molecule has 1 aromatic carbocycles. The van der Waals surface area contributed by atoms with E-state index in [-0.39, 0.29) is 5.41 Å². The Morgan fingerprint density at radius 3 is 2.67 bits per heavy atom. The molecule has 2 rings (SSSR count). The van der Waals surface area contributed by atoms with Gasteiger partial charge in [0.05, 0.1) is 11.0 Å². The molecule has 0 radical (unpaired) electrons. The fourth-order valence-corrected chi connectivity index (χ4v) is 2.60. The van der Waals surface area contributed by atoms with E-state index in [1.165, 1.54) is 5.52 Å². The van der Waals surface area contributed by atoms with Gasteiger partial charge >= 0.3 is 0 Å². The van der Waals surface area contributed by atoms with Crippen LogP contribution in [-0.2, 0) is 13.0 Å². The standard InChI is InChI=1S/C14H18BrClN2/c1-14(2,3)9-18-12-5-4-10(15)8-11(12)17-13(18)6-7-16/h4-5,8H,6-7,9H2,1-3H3. The number of aromatic nitrogens is 2. The second-order valence-corrected chi connectivity index (χ2v) is 7.04. The van der Waals surface area contributed by atoms with Crippen molar-refractivity contribution in [2.75, 3.05) is 5.88 Å². The summed E-state index contributed by atoms with van der Waals surface area (Å²) in [6.45, 7) is 7.67. The average molecular weight is 330 g/mol. The molecule has 1 aromatic heterocycles. The number of aryl methyl sites for hydroxylation is 1. The molecule has 0 atom stereocenters. The van der Waals surface area contributed by atoms with Gasteiger partial charge in [0.25, 0.3) is 0 Å². The van der Waals surface area contributed by atoms with Gasteiger partial charge < -0.3 is 4.57 Å². The van der Waals surface area contributed by atoms with Crippen molar-refractivity contribution in [2.24, 2.45) is 5.41 Å². The lowest BCUT2D eigenvalue weighted by atomic mass is 9.96. The maximum atomic E-state index is 5.88. The second-order valence-electron chi connectivity index (χ2n) is 5.75. The summed E-state index contributed by atoms with van der Waals surface area (Å²) >= 11 is 9.37. The van der Waals surface area contributed by atoms with Crippen LogP contribution in [0.2, 0.25) is 0 Å². The molecule has 2 aromatic rings. The SMILES string of the molecule is CC(C)(C)Cn1c(CCCl)nc2cc(Br)ccc21. The number of halogens is 2. The monoisotopic (exact) mass is 328 g/mol. The van der Waals surface area contributed by atoms with Crippen molar-refractivity contribution in [3.63, 3.8) is 0 Å². The Hall–Kier alpha value is -0.540. The summed E-state index contributed by atoms with van der Waals surface area (Å²) in [5, 5.41) is 0. The Balaban J connectivity index is 2.55. The van der Waals surface area contributed by atoms with Gasteiger partial charge in [0.15, 0.2) is 0 Å². The molecule has 0 fully saturated rings. The third kappa shape index (κ3) is 3.07. The molecule has 0 saturated carbocycles. The van der Waals surface area contributed by atoms with E-state index in [0.717, 1.165) is 28.8 Å². The van der Waals surface area contributed by atoms with Crippen LogP contribution in [0.1, 0.15) is 26.6 Å². The van der Waals surface area contributed by atoms with E-state index >= 15 is 0 Å². The number of rotatable bonds is 3. The summed E-state index contributed by atoms with van der Waals surface area (Å²) in [5.74, 6) is 1.68. The number of hydrogen-bond donors (Lipinski definition) is 0. The number of hydrogen-bond acceptors (Lipinski definition) is 1. The lowest BCUT2D eigenvalue weighted by molar-refractivity contribution is 0.343. The summed E-state index contributed by atoms with van der Waals surface area (Å²) in [4.78, 5) is 4.70. The minimum absolute atomic E-state index is 0.224. The Kier molecular flexibility index (Phi) is 4.02. The minimum Gasteiger partial charge on any atom is -0.327 e. The Bertz CT molecular complexity index is 555. The zero-order valence-electron chi connectivity index (χ0n) is 11.0. The van der Waals surface area contributed by atoms with Crippen LogP contribution in [0.3, 0.4) is 0 Å². The Morgan fingerprint density at radius 2 is 2.06 bits per heavy atom. The first kappa shape index (κ1) is 13.9. The molecular weight excluding hydrogens is 312 g/mol. The van der Waals surface area contributed by atoms with E-state index in [9.17, 15) is 0 Å². The number of benzene rings is 1. The van der Waals surface area contributed by atoms with Crippen LogP contribution >= 0.6 is 27.5 Å².